The topological polar surface area (TPSA) is 0 Å². The maximum atomic E-state index is 12.0. The van der Waals surface area contributed by atoms with Crippen LogP contribution in [0.3, 0.4) is 0 Å². The third-order valence-corrected chi connectivity index (χ3v) is 1.14. The SMILES string of the molecule is CCC(C)C(F)=[C-]F.[Cl][Zn+]. The van der Waals surface area contributed by atoms with Crippen LogP contribution in [-0.2, 0) is 17.3 Å². The van der Waals surface area contributed by atoms with Crippen LogP contribution in [0.15, 0.2) is 5.83 Å². The van der Waals surface area contributed by atoms with E-state index in [1.54, 1.807) is 13.8 Å². The number of hydrogen-bond acceptors (Lipinski definition) is 0. The molecule has 0 nitrogen and oxygen atoms in total. The summed E-state index contributed by atoms with van der Waals surface area (Å²) < 4.78 is 23.1. The molecule has 0 saturated heterocycles. The normalized spacial score (nSPS) is 13.7. The van der Waals surface area contributed by atoms with Crippen LogP contribution in [0.25, 0.3) is 0 Å². The van der Waals surface area contributed by atoms with Crippen LogP contribution in [0.2, 0.25) is 0 Å². The van der Waals surface area contributed by atoms with Crippen molar-refractivity contribution in [2.75, 3.05) is 0 Å². The Labute approximate surface area is 74.4 Å². The average Bonchev–Trinajstić information content (AvgIpc) is 2.05. The molecule has 0 fully saturated rings. The molecule has 0 spiro atoms. The zero-order valence-electron chi connectivity index (χ0n) is 6.13. The van der Waals surface area contributed by atoms with E-state index in [9.17, 15) is 8.78 Å². The molecule has 1 atom stereocenters. The Bertz CT molecular complexity index is 95.7. The minimum absolute atomic E-state index is 0.319. The van der Waals surface area contributed by atoms with Crippen LogP contribution in [0, 0.1) is 12.2 Å². The summed E-state index contributed by atoms with van der Waals surface area (Å²) >= 11 is 0.847. The summed E-state index contributed by atoms with van der Waals surface area (Å²) in [6.07, 6.45) is 1.58. The molecule has 0 amide bonds. The molecule has 0 N–H and O–H groups in total. The molecule has 0 aromatic heterocycles. The molecule has 0 aromatic rings. The maximum absolute atomic E-state index is 12.0. The molecule has 56 valence electrons. The molecule has 10 heavy (non-hydrogen) atoms. The van der Waals surface area contributed by atoms with Crippen molar-refractivity contribution in [1.82, 2.24) is 0 Å². The van der Waals surface area contributed by atoms with Crippen molar-refractivity contribution in [3.63, 3.8) is 0 Å². The molecule has 0 radical (unpaired) electrons. The molecule has 0 aromatic carbocycles. The van der Waals surface area contributed by atoms with Gasteiger partial charge in [-0.25, -0.2) is 0 Å². The summed E-state index contributed by atoms with van der Waals surface area (Å²) in [4.78, 5) is 0. The second-order valence-corrected chi connectivity index (χ2v) is 1.75. The Morgan fingerprint density at radius 2 is 2.10 bits per heavy atom. The van der Waals surface area contributed by atoms with Gasteiger partial charge in [0.1, 0.15) is 0 Å². The van der Waals surface area contributed by atoms with Gasteiger partial charge in [0.2, 0.25) is 0 Å². The number of rotatable bonds is 2. The molecule has 4 heteroatoms. The van der Waals surface area contributed by atoms with Crippen LogP contribution < -0.4 is 0 Å². The first kappa shape index (κ1) is 13.1. The molecule has 0 saturated carbocycles. The van der Waals surface area contributed by atoms with Crippen molar-refractivity contribution >= 4 is 9.69 Å². The summed E-state index contributed by atoms with van der Waals surface area (Å²) in [5.74, 6) is -1.10. The van der Waals surface area contributed by atoms with Crippen molar-refractivity contribution in [2.24, 2.45) is 5.92 Å². The van der Waals surface area contributed by atoms with E-state index in [-0.39, 0.29) is 5.92 Å². The Morgan fingerprint density at radius 1 is 1.70 bits per heavy atom. The Hall–Kier alpha value is 0.513. The van der Waals surface area contributed by atoms with Crippen molar-refractivity contribution in [1.29, 1.82) is 0 Å². The number of hydrogen-bond donors (Lipinski definition) is 0. The first-order valence-electron chi connectivity index (χ1n) is 2.88. The van der Waals surface area contributed by atoms with Crippen molar-refractivity contribution in [3.05, 3.63) is 12.2 Å². The van der Waals surface area contributed by atoms with E-state index in [2.05, 4.69) is 0 Å². The molecule has 1 unspecified atom stereocenters. The molecule has 0 aliphatic heterocycles. The van der Waals surface area contributed by atoms with Crippen LogP contribution >= 0.6 is 9.69 Å². The third-order valence-electron chi connectivity index (χ3n) is 1.14. The summed E-state index contributed by atoms with van der Waals surface area (Å²) in [6, 6.07) is 0. The van der Waals surface area contributed by atoms with E-state index in [0.29, 0.717) is 6.42 Å². The van der Waals surface area contributed by atoms with E-state index >= 15 is 0 Å². The fourth-order valence-electron chi connectivity index (χ4n) is 0.272. The van der Waals surface area contributed by atoms with Gasteiger partial charge in [0.15, 0.2) is 0 Å². The van der Waals surface area contributed by atoms with Gasteiger partial charge in [-0.05, 0) is 11.7 Å². The van der Waals surface area contributed by atoms with Gasteiger partial charge in [0.25, 0.3) is 0 Å². The Morgan fingerprint density at radius 3 is 2.20 bits per heavy atom. The number of halogens is 3. The van der Waals surface area contributed by atoms with Gasteiger partial charge in [-0.2, -0.15) is 0 Å². The van der Waals surface area contributed by atoms with Crippen molar-refractivity contribution < 1.29 is 26.1 Å². The predicted molar refractivity (Wildman–Crippen MR) is 34.3 cm³/mol. The first-order valence-corrected chi connectivity index (χ1v) is 6.78. The van der Waals surface area contributed by atoms with E-state index in [1.807, 2.05) is 0 Å². The molecule has 0 heterocycles. The predicted octanol–water partition coefficient (Wildman–Crippen LogP) is 3.30. The van der Waals surface area contributed by atoms with E-state index in [1.165, 1.54) is 0 Å². The fourth-order valence-corrected chi connectivity index (χ4v) is 0.272. The van der Waals surface area contributed by atoms with Gasteiger partial charge >= 0.3 is 27.0 Å². The zero-order valence-corrected chi connectivity index (χ0v) is 9.85. The van der Waals surface area contributed by atoms with Gasteiger partial charge in [-0.3, -0.25) is 10.7 Å². The van der Waals surface area contributed by atoms with Gasteiger partial charge in [0, 0.05) is 0 Å². The summed E-state index contributed by atoms with van der Waals surface area (Å²) in [7, 11) is 4.76. The Balaban J connectivity index is 0. The Kier molecular flexibility index (Phi) is 12.5. The summed E-state index contributed by atoms with van der Waals surface area (Å²) in [5.41, 5.74) is 0. The third kappa shape index (κ3) is 6.63. The van der Waals surface area contributed by atoms with Gasteiger partial charge in [0.05, 0.1) is 0 Å². The molecular formula is C6H9ClF2Zn. The van der Waals surface area contributed by atoms with Crippen LogP contribution in [-0.4, -0.2) is 0 Å². The molecule has 0 bridgehead atoms. The molecule has 0 aliphatic carbocycles. The number of allylic oxidation sites excluding steroid dienone is 1. The van der Waals surface area contributed by atoms with Crippen LogP contribution in [0.4, 0.5) is 8.78 Å². The monoisotopic (exact) mass is 218 g/mol. The average molecular weight is 220 g/mol. The molecule has 0 aliphatic rings. The first-order chi connectivity index (χ1) is 4.72. The molecular weight excluding hydrogens is 211 g/mol. The van der Waals surface area contributed by atoms with Gasteiger partial charge in [-0.1, -0.05) is 20.3 Å². The van der Waals surface area contributed by atoms with Crippen LogP contribution in [0.5, 0.6) is 0 Å². The standard InChI is InChI=1S/C6H9F2.ClH.Zn/c1-3-5(2)6(8)4-7;;/h5H,3H2,1-2H3;1H;/q-1;;+2/p-1. The minimum atomic E-state index is -0.785. The van der Waals surface area contributed by atoms with Gasteiger partial charge < -0.3 is 4.39 Å². The second kappa shape index (κ2) is 9.51. The fraction of sp³-hybridized carbons (Fsp3) is 0.667. The summed E-state index contributed by atoms with van der Waals surface area (Å²) in [5, 5.41) is 0. The quantitative estimate of drug-likeness (QED) is 0.494. The van der Waals surface area contributed by atoms with Crippen LogP contribution in [0.1, 0.15) is 20.3 Å². The second-order valence-electron chi connectivity index (χ2n) is 1.75. The summed E-state index contributed by atoms with van der Waals surface area (Å²) in [6.45, 7) is 3.41. The van der Waals surface area contributed by atoms with E-state index in [4.69, 9.17) is 9.69 Å². The molecule has 0 rings (SSSR count). The van der Waals surface area contributed by atoms with E-state index in [0.717, 1.165) is 23.6 Å². The van der Waals surface area contributed by atoms with Crippen molar-refractivity contribution in [3.8, 4) is 0 Å². The zero-order chi connectivity index (χ0) is 8.57. The van der Waals surface area contributed by atoms with Gasteiger partial charge in [-0.15, -0.1) is 0 Å². The van der Waals surface area contributed by atoms with E-state index < -0.39 is 5.83 Å². The van der Waals surface area contributed by atoms with Crippen molar-refractivity contribution in [2.45, 2.75) is 20.3 Å².